The van der Waals surface area contributed by atoms with E-state index in [0.717, 1.165) is 22.4 Å². The van der Waals surface area contributed by atoms with Crippen LogP contribution in [0.2, 0.25) is 0 Å². The molecule has 2 nitrogen and oxygen atoms in total. The normalized spacial score (nSPS) is 10.4. The number of hydrogen-bond donors (Lipinski definition) is 1. The monoisotopic (exact) mass is 294 g/mol. The van der Waals surface area contributed by atoms with Gasteiger partial charge in [0.15, 0.2) is 0 Å². The maximum Gasteiger partial charge on any atom is 0.129 e. The lowest BCUT2D eigenvalue weighted by Gasteiger charge is -2.03. The molecule has 1 N–H and O–H groups in total. The van der Waals surface area contributed by atoms with Crippen LogP contribution in [0, 0.1) is 11.6 Å². The third-order valence-electron chi connectivity index (χ3n) is 2.19. The predicted octanol–water partition coefficient (Wildman–Crippen LogP) is 3.80. The number of benzene rings is 1. The van der Waals surface area contributed by atoms with Crippen molar-refractivity contribution in [2.75, 3.05) is 0 Å². The minimum atomic E-state index is 0.640. The summed E-state index contributed by atoms with van der Waals surface area (Å²) < 4.78 is 1.72. The Bertz CT molecular complexity index is 563. The fourth-order valence-corrected chi connectivity index (χ4v) is 2.30. The molecule has 0 fully saturated rings. The van der Waals surface area contributed by atoms with E-state index in [1.54, 1.807) is 0 Å². The molecule has 0 aliphatic carbocycles. The van der Waals surface area contributed by atoms with Crippen LogP contribution in [0.15, 0.2) is 34.8 Å². The average Bonchev–Trinajstić information content (AvgIpc) is 2.15. The zero-order valence-electron chi connectivity index (χ0n) is 8.83. The standard InChI is InChI=1S/C12H11BrN2S/c1-8-5-12(16)15-11(14-8)7-9-3-2-4-10(13)6-9/h2-6H,7H2,1H3,(H,14,15,16). The topological polar surface area (TPSA) is 28.7 Å². The molecular weight excluding hydrogens is 284 g/mol. The number of rotatable bonds is 2. The Morgan fingerprint density at radius 2 is 2.19 bits per heavy atom. The van der Waals surface area contributed by atoms with Crippen LogP contribution in [-0.2, 0) is 6.42 Å². The van der Waals surface area contributed by atoms with E-state index in [4.69, 9.17) is 12.2 Å². The third kappa shape index (κ3) is 3.00. The first-order valence-electron chi connectivity index (χ1n) is 4.95. The largest absolute Gasteiger partial charge is 0.347 e. The van der Waals surface area contributed by atoms with Gasteiger partial charge in [0.1, 0.15) is 10.5 Å². The molecule has 1 aromatic carbocycles. The highest BCUT2D eigenvalue weighted by molar-refractivity contribution is 9.10. The zero-order chi connectivity index (χ0) is 11.5. The van der Waals surface area contributed by atoms with Crippen LogP contribution in [0.5, 0.6) is 0 Å². The van der Waals surface area contributed by atoms with Crippen molar-refractivity contribution in [2.45, 2.75) is 13.3 Å². The molecule has 4 heteroatoms. The van der Waals surface area contributed by atoms with Crippen molar-refractivity contribution in [3.05, 3.63) is 56.5 Å². The van der Waals surface area contributed by atoms with E-state index >= 15 is 0 Å². The van der Waals surface area contributed by atoms with Crippen molar-refractivity contribution in [1.29, 1.82) is 0 Å². The molecular formula is C12H11BrN2S. The first-order chi connectivity index (χ1) is 7.63. The molecule has 2 aromatic rings. The average molecular weight is 295 g/mol. The van der Waals surface area contributed by atoms with E-state index in [-0.39, 0.29) is 0 Å². The second-order valence-corrected chi connectivity index (χ2v) is 4.99. The van der Waals surface area contributed by atoms with Gasteiger partial charge in [0.2, 0.25) is 0 Å². The van der Waals surface area contributed by atoms with Crippen molar-refractivity contribution >= 4 is 28.1 Å². The SMILES string of the molecule is Cc1cc(=S)nc(Cc2cccc(Br)c2)[nH]1. The van der Waals surface area contributed by atoms with Gasteiger partial charge in [0.05, 0.1) is 0 Å². The molecule has 0 radical (unpaired) electrons. The first-order valence-corrected chi connectivity index (χ1v) is 6.15. The second-order valence-electron chi connectivity index (χ2n) is 3.66. The van der Waals surface area contributed by atoms with E-state index < -0.39 is 0 Å². The van der Waals surface area contributed by atoms with Crippen LogP contribution in [0.25, 0.3) is 0 Å². The summed E-state index contributed by atoms with van der Waals surface area (Å²) in [6, 6.07) is 10.0. The van der Waals surface area contributed by atoms with Gasteiger partial charge in [0, 0.05) is 16.6 Å². The van der Waals surface area contributed by atoms with E-state index in [9.17, 15) is 0 Å². The van der Waals surface area contributed by atoms with Crippen LogP contribution in [-0.4, -0.2) is 9.97 Å². The van der Waals surface area contributed by atoms with Gasteiger partial charge < -0.3 is 4.98 Å². The number of aromatic nitrogens is 2. The van der Waals surface area contributed by atoms with Crippen LogP contribution in [0.3, 0.4) is 0 Å². The third-order valence-corrected chi connectivity index (χ3v) is 2.89. The molecule has 1 heterocycles. The molecule has 0 aliphatic rings. The van der Waals surface area contributed by atoms with Crippen molar-refractivity contribution in [3.8, 4) is 0 Å². The quantitative estimate of drug-likeness (QED) is 0.854. The maximum absolute atomic E-state index is 5.09. The van der Waals surface area contributed by atoms with Gasteiger partial charge in [0.25, 0.3) is 0 Å². The Morgan fingerprint density at radius 3 is 2.88 bits per heavy atom. The number of aryl methyl sites for hydroxylation is 1. The van der Waals surface area contributed by atoms with Crippen molar-refractivity contribution < 1.29 is 0 Å². The summed E-state index contributed by atoms with van der Waals surface area (Å²) in [5, 5.41) is 0. The molecule has 82 valence electrons. The predicted molar refractivity (Wildman–Crippen MR) is 71.1 cm³/mol. The van der Waals surface area contributed by atoms with Crippen molar-refractivity contribution in [2.24, 2.45) is 0 Å². The van der Waals surface area contributed by atoms with Gasteiger partial charge in [-0.15, -0.1) is 0 Å². The van der Waals surface area contributed by atoms with E-state index in [0.29, 0.717) is 4.64 Å². The van der Waals surface area contributed by atoms with E-state index in [1.165, 1.54) is 5.56 Å². The lowest BCUT2D eigenvalue weighted by Crippen LogP contribution is -1.98. The fraction of sp³-hybridized carbons (Fsp3) is 0.167. The molecule has 0 bridgehead atoms. The van der Waals surface area contributed by atoms with E-state index in [1.807, 2.05) is 25.1 Å². The van der Waals surface area contributed by atoms with Crippen LogP contribution in [0.1, 0.15) is 17.1 Å². The number of H-pyrrole nitrogens is 1. The number of nitrogens with zero attached hydrogens (tertiary/aromatic N) is 1. The Balaban J connectivity index is 2.30. The van der Waals surface area contributed by atoms with Crippen LogP contribution >= 0.6 is 28.1 Å². The molecule has 16 heavy (non-hydrogen) atoms. The molecule has 0 spiro atoms. The lowest BCUT2D eigenvalue weighted by atomic mass is 10.1. The summed E-state index contributed by atoms with van der Waals surface area (Å²) in [7, 11) is 0. The molecule has 0 saturated heterocycles. The van der Waals surface area contributed by atoms with Gasteiger partial charge in [-0.05, 0) is 30.7 Å². The minimum absolute atomic E-state index is 0.640. The summed E-state index contributed by atoms with van der Waals surface area (Å²) in [4.78, 5) is 7.53. The second kappa shape index (κ2) is 4.89. The Hall–Kier alpha value is -1.00. The summed E-state index contributed by atoms with van der Waals surface area (Å²) in [6.07, 6.45) is 0.769. The molecule has 1 aromatic heterocycles. The first kappa shape index (κ1) is 11.5. The number of aromatic amines is 1. The highest BCUT2D eigenvalue weighted by atomic mass is 79.9. The molecule has 2 rings (SSSR count). The van der Waals surface area contributed by atoms with Gasteiger partial charge >= 0.3 is 0 Å². The maximum atomic E-state index is 5.09. The summed E-state index contributed by atoms with van der Waals surface area (Å²) >= 11 is 8.54. The molecule has 0 atom stereocenters. The Morgan fingerprint density at radius 1 is 1.38 bits per heavy atom. The van der Waals surface area contributed by atoms with Crippen molar-refractivity contribution in [3.63, 3.8) is 0 Å². The highest BCUT2D eigenvalue weighted by Gasteiger charge is 1.99. The van der Waals surface area contributed by atoms with Gasteiger partial charge in [-0.2, -0.15) is 0 Å². The molecule has 0 amide bonds. The number of hydrogen-bond acceptors (Lipinski definition) is 2. The van der Waals surface area contributed by atoms with Gasteiger partial charge in [-0.1, -0.05) is 40.3 Å². The molecule has 0 unspecified atom stereocenters. The zero-order valence-corrected chi connectivity index (χ0v) is 11.2. The van der Waals surface area contributed by atoms with Gasteiger partial charge in [-0.3, -0.25) is 0 Å². The molecule has 0 aliphatic heterocycles. The highest BCUT2D eigenvalue weighted by Crippen LogP contribution is 2.13. The van der Waals surface area contributed by atoms with Crippen LogP contribution in [0.4, 0.5) is 0 Å². The minimum Gasteiger partial charge on any atom is -0.347 e. The van der Waals surface area contributed by atoms with Crippen molar-refractivity contribution in [1.82, 2.24) is 9.97 Å². The van der Waals surface area contributed by atoms with Crippen LogP contribution < -0.4 is 0 Å². The summed E-state index contributed by atoms with van der Waals surface area (Å²) in [6.45, 7) is 1.99. The summed E-state index contributed by atoms with van der Waals surface area (Å²) in [5.41, 5.74) is 2.25. The summed E-state index contributed by atoms with van der Waals surface area (Å²) in [5.74, 6) is 0.906. The van der Waals surface area contributed by atoms with Gasteiger partial charge in [-0.25, -0.2) is 4.98 Å². The lowest BCUT2D eigenvalue weighted by molar-refractivity contribution is 0.934. The number of nitrogens with one attached hydrogen (secondary N) is 1. The smallest absolute Gasteiger partial charge is 0.129 e. The Labute approximate surface area is 108 Å². The fourth-order valence-electron chi connectivity index (χ4n) is 1.57. The van der Waals surface area contributed by atoms with E-state index in [2.05, 4.69) is 38.0 Å². The Kier molecular flexibility index (Phi) is 3.51. The number of halogens is 1. The molecule has 0 saturated carbocycles.